The lowest BCUT2D eigenvalue weighted by Crippen LogP contribution is -2.33. The Bertz CT molecular complexity index is 1260. The number of carbonyl (C=O) groups excluding carboxylic acids is 2. The van der Waals surface area contributed by atoms with Gasteiger partial charge < -0.3 is 15.0 Å². The summed E-state index contributed by atoms with van der Waals surface area (Å²) in [4.78, 5) is 40.2. The summed E-state index contributed by atoms with van der Waals surface area (Å²) in [6.45, 7) is 6.57. The van der Waals surface area contributed by atoms with Crippen LogP contribution in [-0.4, -0.2) is 45.5 Å². The van der Waals surface area contributed by atoms with Gasteiger partial charge in [0.1, 0.15) is 5.75 Å². The highest BCUT2D eigenvalue weighted by molar-refractivity contribution is 5.79. The Balaban J connectivity index is 1.42. The second kappa shape index (κ2) is 11.9. The number of nitrogens with one attached hydrogen (secondary N) is 1. The summed E-state index contributed by atoms with van der Waals surface area (Å²) in [6, 6.07) is 15.0. The van der Waals surface area contributed by atoms with Crippen LogP contribution in [0.4, 0.5) is 0 Å². The molecule has 1 saturated heterocycles. The molecule has 1 atom stereocenters. The standard InChI is InChI=1S/C28H36N4O4/c1-3-16-31-23-12-6-7-13-24(23)32(28(31)35)19-15-26(33)29-22(4-2)21-11-5-8-14-25(21)36-20-27(34)30-17-9-10-18-30/h5-8,11-14,22H,3-4,9-10,15-20H2,1-2H3,(H,29,33). The summed E-state index contributed by atoms with van der Waals surface area (Å²) < 4.78 is 9.37. The largest absolute Gasteiger partial charge is 0.483 e. The first-order valence-electron chi connectivity index (χ1n) is 13.0. The molecular weight excluding hydrogens is 456 g/mol. The number of aryl methyl sites for hydroxylation is 2. The minimum Gasteiger partial charge on any atom is -0.483 e. The average Bonchev–Trinajstić information content (AvgIpc) is 3.53. The molecule has 2 heterocycles. The van der Waals surface area contributed by atoms with Crippen molar-refractivity contribution in [3.8, 4) is 5.75 Å². The molecule has 4 rings (SSSR count). The number of rotatable bonds is 11. The van der Waals surface area contributed by atoms with E-state index in [-0.39, 0.29) is 36.6 Å². The zero-order chi connectivity index (χ0) is 25.5. The average molecular weight is 493 g/mol. The highest BCUT2D eigenvalue weighted by Gasteiger charge is 2.21. The summed E-state index contributed by atoms with van der Waals surface area (Å²) >= 11 is 0. The summed E-state index contributed by atoms with van der Waals surface area (Å²) in [6.07, 6.45) is 3.79. The Hall–Kier alpha value is -3.55. The zero-order valence-electron chi connectivity index (χ0n) is 21.2. The molecule has 0 aliphatic carbocycles. The van der Waals surface area contributed by atoms with E-state index in [9.17, 15) is 14.4 Å². The number of amides is 2. The number of para-hydroxylation sites is 3. The minimum absolute atomic E-state index is 0.00735. The molecule has 0 saturated carbocycles. The number of carbonyl (C=O) groups is 2. The third kappa shape index (κ3) is 5.64. The van der Waals surface area contributed by atoms with Crippen LogP contribution in [0.1, 0.15) is 57.6 Å². The highest BCUT2D eigenvalue weighted by Crippen LogP contribution is 2.27. The molecule has 1 aliphatic rings. The van der Waals surface area contributed by atoms with Gasteiger partial charge in [-0.15, -0.1) is 0 Å². The monoisotopic (exact) mass is 492 g/mol. The maximum atomic E-state index is 13.0. The van der Waals surface area contributed by atoms with Crippen molar-refractivity contribution in [2.75, 3.05) is 19.7 Å². The van der Waals surface area contributed by atoms with E-state index in [0.717, 1.165) is 48.9 Å². The third-order valence-corrected chi connectivity index (χ3v) is 6.78. The van der Waals surface area contributed by atoms with Crippen molar-refractivity contribution < 1.29 is 14.3 Å². The van der Waals surface area contributed by atoms with Crippen LogP contribution in [0.3, 0.4) is 0 Å². The molecule has 36 heavy (non-hydrogen) atoms. The van der Waals surface area contributed by atoms with Gasteiger partial charge in [-0.2, -0.15) is 0 Å². The van der Waals surface area contributed by atoms with Crippen LogP contribution in [0, 0.1) is 0 Å². The Kier molecular flexibility index (Phi) is 8.46. The number of fused-ring (bicyclic) bond motifs is 1. The van der Waals surface area contributed by atoms with Gasteiger partial charge in [-0.1, -0.05) is 44.2 Å². The Morgan fingerprint density at radius 2 is 1.58 bits per heavy atom. The SMILES string of the molecule is CCCn1c(=O)n(CCC(=O)NC(CC)c2ccccc2OCC(=O)N2CCCC2)c2ccccc21. The second-order valence-electron chi connectivity index (χ2n) is 9.27. The van der Waals surface area contributed by atoms with Crippen LogP contribution in [-0.2, 0) is 22.7 Å². The Morgan fingerprint density at radius 1 is 0.944 bits per heavy atom. The number of hydrogen-bond acceptors (Lipinski definition) is 4. The maximum Gasteiger partial charge on any atom is 0.329 e. The lowest BCUT2D eigenvalue weighted by molar-refractivity contribution is -0.132. The minimum atomic E-state index is -0.256. The molecule has 0 spiro atoms. The zero-order valence-corrected chi connectivity index (χ0v) is 21.2. The smallest absolute Gasteiger partial charge is 0.329 e. The molecule has 1 aromatic heterocycles. The predicted octanol–water partition coefficient (Wildman–Crippen LogP) is 3.87. The van der Waals surface area contributed by atoms with Gasteiger partial charge in [0.2, 0.25) is 5.91 Å². The summed E-state index contributed by atoms with van der Waals surface area (Å²) in [5, 5.41) is 3.10. The van der Waals surface area contributed by atoms with E-state index in [0.29, 0.717) is 25.3 Å². The molecule has 2 aromatic carbocycles. The first-order chi connectivity index (χ1) is 17.5. The fourth-order valence-electron chi connectivity index (χ4n) is 4.90. The van der Waals surface area contributed by atoms with E-state index < -0.39 is 0 Å². The number of benzene rings is 2. The van der Waals surface area contributed by atoms with Crippen LogP contribution in [0.5, 0.6) is 5.75 Å². The van der Waals surface area contributed by atoms with Gasteiger partial charge >= 0.3 is 5.69 Å². The van der Waals surface area contributed by atoms with Crippen LogP contribution >= 0.6 is 0 Å². The Morgan fingerprint density at radius 3 is 2.25 bits per heavy atom. The van der Waals surface area contributed by atoms with Crippen molar-refractivity contribution >= 4 is 22.8 Å². The van der Waals surface area contributed by atoms with Crippen LogP contribution in [0.15, 0.2) is 53.3 Å². The number of hydrogen-bond donors (Lipinski definition) is 1. The normalized spacial score (nSPS) is 14.2. The molecule has 0 bridgehead atoms. The quantitative estimate of drug-likeness (QED) is 0.440. The molecule has 1 N–H and O–H groups in total. The molecule has 2 amide bonds. The van der Waals surface area contributed by atoms with Crippen molar-refractivity contribution in [2.45, 2.75) is 65.1 Å². The molecule has 1 unspecified atom stereocenters. The molecule has 8 nitrogen and oxygen atoms in total. The first kappa shape index (κ1) is 25.5. The topological polar surface area (TPSA) is 85.6 Å². The van der Waals surface area contributed by atoms with Gasteiger partial charge in [0.05, 0.1) is 17.1 Å². The van der Waals surface area contributed by atoms with Crippen molar-refractivity contribution in [3.05, 3.63) is 64.6 Å². The van der Waals surface area contributed by atoms with E-state index in [2.05, 4.69) is 5.32 Å². The first-order valence-corrected chi connectivity index (χ1v) is 13.0. The maximum absolute atomic E-state index is 13.0. The molecule has 3 aromatic rings. The van der Waals surface area contributed by atoms with E-state index in [1.54, 1.807) is 9.13 Å². The molecular formula is C28H36N4O4. The summed E-state index contributed by atoms with van der Waals surface area (Å²) in [7, 11) is 0. The Labute approximate surface area is 211 Å². The lowest BCUT2D eigenvalue weighted by Gasteiger charge is -2.22. The van der Waals surface area contributed by atoms with Crippen molar-refractivity contribution in [3.63, 3.8) is 0 Å². The van der Waals surface area contributed by atoms with Gasteiger partial charge in [0, 0.05) is 38.2 Å². The van der Waals surface area contributed by atoms with E-state index in [1.807, 2.05) is 67.3 Å². The summed E-state index contributed by atoms with van der Waals surface area (Å²) in [5.74, 6) is 0.465. The van der Waals surface area contributed by atoms with Crippen LogP contribution < -0.4 is 15.7 Å². The third-order valence-electron chi connectivity index (χ3n) is 6.78. The number of ether oxygens (including phenoxy) is 1. The number of imidazole rings is 1. The van der Waals surface area contributed by atoms with Gasteiger partial charge in [-0.05, 0) is 43.9 Å². The van der Waals surface area contributed by atoms with Crippen molar-refractivity contribution in [2.24, 2.45) is 0 Å². The van der Waals surface area contributed by atoms with Gasteiger partial charge in [0.25, 0.3) is 5.91 Å². The second-order valence-corrected chi connectivity index (χ2v) is 9.27. The highest BCUT2D eigenvalue weighted by atomic mass is 16.5. The molecule has 1 aliphatic heterocycles. The van der Waals surface area contributed by atoms with Crippen LogP contribution in [0.2, 0.25) is 0 Å². The van der Waals surface area contributed by atoms with Crippen molar-refractivity contribution in [1.82, 2.24) is 19.4 Å². The number of likely N-dealkylation sites (tertiary alicyclic amines) is 1. The fraction of sp³-hybridized carbons (Fsp3) is 0.464. The molecule has 0 radical (unpaired) electrons. The fourth-order valence-corrected chi connectivity index (χ4v) is 4.90. The van der Waals surface area contributed by atoms with Gasteiger partial charge in [-0.25, -0.2) is 4.79 Å². The number of aromatic nitrogens is 2. The lowest BCUT2D eigenvalue weighted by atomic mass is 10.0. The van der Waals surface area contributed by atoms with E-state index >= 15 is 0 Å². The van der Waals surface area contributed by atoms with E-state index in [1.165, 1.54) is 0 Å². The molecule has 1 fully saturated rings. The number of nitrogens with zero attached hydrogens (tertiary/aromatic N) is 3. The van der Waals surface area contributed by atoms with E-state index in [4.69, 9.17) is 4.74 Å². The van der Waals surface area contributed by atoms with Crippen molar-refractivity contribution in [1.29, 1.82) is 0 Å². The van der Waals surface area contributed by atoms with Crippen LogP contribution in [0.25, 0.3) is 11.0 Å². The molecule has 192 valence electrons. The predicted molar refractivity (Wildman–Crippen MR) is 140 cm³/mol. The molecule has 8 heteroatoms. The van der Waals surface area contributed by atoms with Gasteiger partial charge in [0.15, 0.2) is 6.61 Å². The summed E-state index contributed by atoms with van der Waals surface area (Å²) in [5.41, 5.74) is 2.50. The van der Waals surface area contributed by atoms with Gasteiger partial charge in [-0.3, -0.25) is 18.7 Å².